The predicted octanol–water partition coefficient (Wildman–Crippen LogP) is 7.39. The number of aliphatic hydroxyl groups is 5. The lowest BCUT2D eigenvalue weighted by Crippen LogP contribution is -2.60. The van der Waals surface area contributed by atoms with E-state index in [1.807, 2.05) is 6.08 Å². The maximum Gasteiger partial charge on any atom is 0.220 e. The third kappa shape index (κ3) is 23.2. The van der Waals surface area contributed by atoms with Crippen molar-refractivity contribution in [3.8, 4) is 0 Å². The van der Waals surface area contributed by atoms with E-state index in [9.17, 15) is 30.3 Å². The summed E-state index contributed by atoms with van der Waals surface area (Å²) in [5, 5.41) is 53.9. The first-order valence-electron chi connectivity index (χ1n) is 20.4. The Kier molecular flexibility index (Phi) is 29.7. The van der Waals surface area contributed by atoms with Crippen molar-refractivity contribution >= 4 is 5.91 Å². The Hall–Kier alpha value is -1.07. The highest BCUT2D eigenvalue weighted by Gasteiger charge is 2.44. The largest absolute Gasteiger partial charge is 0.394 e. The average molecular weight is 700 g/mol. The monoisotopic (exact) mass is 700 g/mol. The molecule has 9 heteroatoms. The maximum absolute atomic E-state index is 12.9. The molecule has 290 valence electrons. The number of hydrogen-bond acceptors (Lipinski definition) is 8. The molecule has 0 aliphatic carbocycles. The number of unbranched alkanes of at least 4 members (excludes halogenated alkanes) is 23. The maximum atomic E-state index is 12.9. The zero-order chi connectivity index (χ0) is 36.0. The van der Waals surface area contributed by atoms with Crippen molar-refractivity contribution in [2.75, 3.05) is 13.2 Å². The van der Waals surface area contributed by atoms with Crippen molar-refractivity contribution in [1.29, 1.82) is 0 Å². The second kappa shape index (κ2) is 31.6. The number of rotatable bonds is 33. The summed E-state index contributed by atoms with van der Waals surface area (Å²) in [4.78, 5) is 12.9. The minimum atomic E-state index is -1.56. The van der Waals surface area contributed by atoms with Gasteiger partial charge in [0, 0.05) is 6.42 Å². The molecule has 1 heterocycles. The van der Waals surface area contributed by atoms with Gasteiger partial charge < -0.3 is 40.3 Å². The van der Waals surface area contributed by atoms with Crippen molar-refractivity contribution in [2.24, 2.45) is 0 Å². The van der Waals surface area contributed by atoms with Crippen LogP contribution < -0.4 is 5.32 Å². The number of aliphatic hydroxyl groups excluding tert-OH is 5. The van der Waals surface area contributed by atoms with Crippen molar-refractivity contribution in [3.05, 3.63) is 12.2 Å². The second-order valence-corrected chi connectivity index (χ2v) is 14.4. The molecule has 0 spiro atoms. The molecule has 7 atom stereocenters. The minimum Gasteiger partial charge on any atom is -0.394 e. The van der Waals surface area contributed by atoms with Crippen LogP contribution in [0.15, 0.2) is 12.2 Å². The van der Waals surface area contributed by atoms with E-state index in [1.165, 1.54) is 122 Å². The van der Waals surface area contributed by atoms with Gasteiger partial charge >= 0.3 is 0 Å². The minimum absolute atomic E-state index is 0.178. The summed E-state index contributed by atoms with van der Waals surface area (Å²) in [6, 6.07) is -0.796. The van der Waals surface area contributed by atoms with E-state index in [2.05, 4.69) is 19.2 Å². The van der Waals surface area contributed by atoms with E-state index in [0.29, 0.717) is 6.42 Å². The van der Waals surface area contributed by atoms with Crippen LogP contribution in [0.3, 0.4) is 0 Å². The van der Waals surface area contributed by atoms with E-state index < -0.39 is 49.5 Å². The smallest absolute Gasteiger partial charge is 0.220 e. The number of nitrogens with one attached hydrogen (secondary N) is 1. The van der Waals surface area contributed by atoms with Crippen LogP contribution in [-0.2, 0) is 14.3 Å². The Labute approximate surface area is 299 Å². The van der Waals surface area contributed by atoms with Gasteiger partial charge in [-0.05, 0) is 19.3 Å². The fourth-order valence-electron chi connectivity index (χ4n) is 6.51. The van der Waals surface area contributed by atoms with Gasteiger partial charge in [-0.2, -0.15) is 0 Å². The highest BCUT2D eigenvalue weighted by Crippen LogP contribution is 2.22. The van der Waals surface area contributed by atoms with Gasteiger partial charge in [0.2, 0.25) is 5.91 Å². The number of carbonyl (C=O) groups excluding carboxylic acids is 1. The summed E-state index contributed by atoms with van der Waals surface area (Å²) in [7, 11) is 0. The van der Waals surface area contributed by atoms with Crippen LogP contribution in [0.1, 0.15) is 181 Å². The predicted molar refractivity (Wildman–Crippen MR) is 198 cm³/mol. The summed E-state index contributed by atoms with van der Waals surface area (Å²) in [6.07, 6.45) is 26.8. The Bertz CT molecular complexity index is 781. The molecule has 1 aliphatic heterocycles. The van der Waals surface area contributed by atoms with Gasteiger partial charge in [-0.25, -0.2) is 0 Å². The molecule has 1 amide bonds. The van der Waals surface area contributed by atoms with Crippen molar-refractivity contribution in [2.45, 2.75) is 224 Å². The Morgan fingerprint density at radius 1 is 0.673 bits per heavy atom. The summed E-state index contributed by atoms with van der Waals surface area (Å²) < 4.78 is 11.2. The number of hydrogen-bond donors (Lipinski definition) is 6. The topological polar surface area (TPSA) is 149 Å². The zero-order valence-corrected chi connectivity index (χ0v) is 31.5. The third-order valence-corrected chi connectivity index (χ3v) is 9.86. The van der Waals surface area contributed by atoms with Crippen LogP contribution >= 0.6 is 0 Å². The third-order valence-electron chi connectivity index (χ3n) is 9.86. The second-order valence-electron chi connectivity index (χ2n) is 14.4. The van der Waals surface area contributed by atoms with Gasteiger partial charge in [0.1, 0.15) is 24.4 Å². The van der Waals surface area contributed by atoms with Gasteiger partial charge in [0.05, 0.1) is 25.4 Å². The lowest BCUT2D eigenvalue weighted by Gasteiger charge is -2.40. The molecule has 49 heavy (non-hydrogen) atoms. The fourth-order valence-corrected chi connectivity index (χ4v) is 6.51. The number of allylic oxidation sites excluding steroid dienone is 1. The van der Waals surface area contributed by atoms with E-state index in [0.717, 1.165) is 38.5 Å². The van der Waals surface area contributed by atoms with E-state index in [-0.39, 0.29) is 12.5 Å². The lowest BCUT2D eigenvalue weighted by molar-refractivity contribution is -0.302. The van der Waals surface area contributed by atoms with Gasteiger partial charge in [-0.3, -0.25) is 4.79 Å². The molecule has 6 N–H and O–H groups in total. The lowest BCUT2D eigenvalue weighted by atomic mass is 9.99. The molecule has 1 saturated heterocycles. The quantitative estimate of drug-likeness (QED) is 0.0307. The Morgan fingerprint density at radius 2 is 1.12 bits per heavy atom. The average Bonchev–Trinajstić information content (AvgIpc) is 3.10. The Balaban J connectivity index is 2.43. The molecule has 0 bridgehead atoms. The molecule has 0 saturated carbocycles. The fraction of sp³-hybridized carbons (Fsp3) is 0.925. The first-order chi connectivity index (χ1) is 23.8. The van der Waals surface area contributed by atoms with Crippen molar-refractivity contribution in [3.63, 3.8) is 0 Å². The molecular formula is C40H77NO8. The summed E-state index contributed by atoms with van der Waals surface area (Å²) >= 11 is 0. The summed E-state index contributed by atoms with van der Waals surface area (Å²) in [5.74, 6) is -0.178. The Morgan fingerprint density at radius 3 is 1.59 bits per heavy atom. The first-order valence-corrected chi connectivity index (χ1v) is 20.4. The molecule has 0 radical (unpaired) electrons. The first kappa shape index (κ1) is 46.0. The van der Waals surface area contributed by atoms with Crippen LogP contribution in [0.4, 0.5) is 0 Å². The molecule has 0 aromatic carbocycles. The van der Waals surface area contributed by atoms with Crippen LogP contribution in [-0.4, -0.2) is 87.5 Å². The molecular weight excluding hydrogens is 622 g/mol. The molecule has 0 aromatic rings. The van der Waals surface area contributed by atoms with Gasteiger partial charge in [0.25, 0.3) is 0 Å². The van der Waals surface area contributed by atoms with Crippen LogP contribution in [0, 0.1) is 0 Å². The van der Waals surface area contributed by atoms with Crippen LogP contribution in [0.5, 0.6) is 0 Å². The van der Waals surface area contributed by atoms with Crippen LogP contribution in [0.2, 0.25) is 0 Å². The van der Waals surface area contributed by atoms with Gasteiger partial charge in [-0.1, -0.05) is 167 Å². The molecule has 1 fully saturated rings. The van der Waals surface area contributed by atoms with Crippen LogP contribution in [0.25, 0.3) is 0 Å². The normalized spacial score (nSPS) is 22.5. The number of ether oxygens (including phenoxy) is 2. The highest BCUT2D eigenvalue weighted by atomic mass is 16.7. The molecule has 2 unspecified atom stereocenters. The van der Waals surface area contributed by atoms with Crippen molar-refractivity contribution < 1.29 is 39.8 Å². The SMILES string of the molecule is CCCCCCCCCCCCCC/C=C/[C@@H](O)[C@H](CO[C@@H]1O[C@H](CO)[C@H](O)C(O)C1O)NC(=O)CCCCCCCCCCCCCC. The van der Waals surface area contributed by atoms with E-state index in [4.69, 9.17) is 9.47 Å². The highest BCUT2D eigenvalue weighted by molar-refractivity contribution is 5.76. The van der Waals surface area contributed by atoms with Gasteiger partial charge in [0.15, 0.2) is 6.29 Å². The zero-order valence-electron chi connectivity index (χ0n) is 31.5. The number of carbonyl (C=O) groups is 1. The molecule has 0 aromatic heterocycles. The standard InChI is InChI=1S/C40H77NO8/c1-3-5-7-9-11-13-15-17-18-19-21-23-25-27-29-34(43)33(32-48-40-39(47)38(46)37(45)35(31-42)49-40)41-36(44)30-28-26-24-22-20-16-14-12-10-8-6-4-2/h27,29,33-35,37-40,42-43,45-47H,3-26,28,30-32H2,1-2H3,(H,41,44)/b29-27+/t33-,34+,35+,37-,38?,39?,40+/m0/s1. The van der Waals surface area contributed by atoms with E-state index in [1.54, 1.807) is 6.08 Å². The molecule has 9 nitrogen and oxygen atoms in total. The summed E-state index contributed by atoms with van der Waals surface area (Å²) in [6.45, 7) is 3.75. The van der Waals surface area contributed by atoms with Gasteiger partial charge in [-0.15, -0.1) is 0 Å². The molecule has 1 aliphatic rings. The summed E-state index contributed by atoms with van der Waals surface area (Å²) in [5.41, 5.74) is 0. The van der Waals surface area contributed by atoms with Crippen molar-refractivity contribution in [1.82, 2.24) is 5.32 Å². The van der Waals surface area contributed by atoms with E-state index >= 15 is 0 Å². The molecule has 1 rings (SSSR count). The number of amides is 1.